The van der Waals surface area contributed by atoms with Gasteiger partial charge in [-0.05, 0) is 28.5 Å². The molecule has 1 rings (SSSR count). The van der Waals surface area contributed by atoms with Crippen LogP contribution in [-0.4, -0.2) is 13.2 Å². The van der Waals surface area contributed by atoms with Crippen LogP contribution in [0.1, 0.15) is 6.92 Å². The first-order valence-corrected chi connectivity index (χ1v) is 6.07. The van der Waals surface area contributed by atoms with Crippen molar-refractivity contribution in [2.45, 2.75) is 6.92 Å². The van der Waals surface area contributed by atoms with Crippen LogP contribution in [0.4, 0.5) is 0 Å². The monoisotopic (exact) mass is 311 g/mol. The van der Waals surface area contributed by atoms with Crippen LogP contribution in [0, 0.1) is 5.92 Å². The van der Waals surface area contributed by atoms with E-state index in [1.54, 1.807) is 12.1 Å². The molecule has 2 N–H and O–H groups in total. The Morgan fingerprint density at radius 1 is 1.40 bits per heavy atom. The fourth-order valence-electron chi connectivity index (χ4n) is 0.915. The number of rotatable bonds is 4. The van der Waals surface area contributed by atoms with Gasteiger partial charge >= 0.3 is 0 Å². The van der Waals surface area contributed by atoms with Crippen molar-refractivity contribution in [3.63, 3.8) is 0 Å². The Balaban J connectivity index is 2.73. The van der Waals surface area contributed by atoms with E-state index in [0.29, 0.717) is 34.9 Å². The fraction of sp³-hybridized carbons (Fsp3) is 0.400. The SMILES string of the molecule is CC(CN)COc1cc(Cl)c(Br)cc1Cl. The third kappa shape index (κ3) is 3.83. The molecule has 0 aliphatic carbocycles. The number of ether oxygens (including phenoxy) is 1. The van der Waals surface area contributed by atoms with Gasteiger partial charge < -0.3 is 10.5 Å². The van der Waals surface area contributed by atoms with Crippen LogP contribution in [-0.2, 0) is 0 Å². The first-order valence-electron chi connectivity index (χ1n) is 4.52. The molecule has 1 aromatic carbocycles. The van der Waals surface area contributed by atoms with Gasteiger partial charge in [0, 0.05) is 16.5 Å². The molecule has 0 spiro atoms. The number of hydrogen-bond acceptors (Lipinski definition) is 2. The Kier molecular flexibility index (Phi) is 5.19. The lowest BCUT2D eigenvalue weighted by Crippen LogP contribution is -2.18. The maximum atomic E-state index is 5.98. The lowest BCUT2D eigenvalue weighted by molar-refractivity contribution is 0.264. The second kappa shape index (κ2) is 5.94. The van der Waals surface area contributed by atoms with Crippen LogP contribution in [0.15, 0.2) is 16.6 Å². The molecule has 0 amide bonds. The van der Waals surface area contributed by atoms with Crippen molar-refractivity contribution in [1.82, 2.24) is 0 Å². The summed E-state index contributed by atoms with van der Waals surface area (Å²) in [7, 11) is 0. The van der Waals surface area contributed by atoms with Crippen molar-refractivity contribution in [3.05, 3.63) is 26.7 Å². The highest BCUT2D eigenvalue weighted by Crippen LogP contribution is 2.34. The molecule has 84 valence electrons. The summed E-state index contributed by atoms with van der Waals surface area (Å²) in [6.07, 6.45) is 0. The minimum Gasteiger partial charge on any atom is -0.492 e. The molecule has 15 heavy (non-hydrogen) atoms. The van der Waals surface area contributed by atoms with E-state index in [4.69, 9.17) is 33.7 Å². The van der Waals surface area contributed by atoms with E-state index in [-0.39, 0.29) is 0 Å². The Labute approximate surface area is 108 Å². The number of nitrogens with two attached hydrogens (primary N) is 1. The molecule has 5 heteroatoms. The standard InChI is InChI=1S/C10H12BrCl2NO/c1-6(4-14)5-15-10-3-8(12)7(11)2-9(10)13/h2-3,6H,4-5,14H2,1H3. The first-order chi connectivity index (χ1) is 7.04. The van der Waals surface area contributed by atoms with Crippen molar-refractivity contribution < 1.29 is 4.74 Å². The van der Waals surface area contributed by atoms with Crippen LogP contribution >= 0.6 is 39.1 Å². The van der Waals surface area contributed by atoms with E-state index in [1.807, 2.05) is 6.92 Å². The van der Waals surface area contributed by atoms with Crippen molar-refractivity contribution >= 4 is 39.1 Å². The molecule has 0 saturated carbocycles. The normalized spacial score (nSPS) is 12.6. The summed E-state index contributed by atoms with van der Waals surface area (Å²) >= 11 is 15.2. The lowest BCUT2D eigenvalue weighted by atomic mass is 10.2. The largest absolute Gasteiger partial charge is 0.492 e. The number of hydrogen-bond donors (Lipinski definition) is 1. The molecule has 1 atom stereocenters. The van der Waals surface area contributed by atoms with Gasteiger partial charge in [-0.1, -0.05) is 30.1 Å². The first kappa shape index (κ1) is 13.1. The van der Waals surface area contributed by atoms with E-state index in [9.17, 15) is 0 Å². The molecule has 0 aromatic heterocycles. The molecule has 0 fully saturated rings. The zero-order chi connectivity index (χ0) is 11.4. The van der Waals surface area contributed by atoms with Crippen LogP contribution in [0.2, 0.25) is 10.0 Å². The van der Waals surface area contributed by atoms with Gasteiger partial charge in [0.2, 0.25) is 0 Å². The van der Waals surface area contributed by atoms with Gasteiger partial charge in [-0.25, -0.2) is 0 Å². The molecule has 0 bridgehead atoms. The van der Waals surface area contributed by atoms with E-state index in [0.717, 1.165) is 4.47 Å². The van der Waals surface area contributed by atoms with Gasteiger partial charge in [0.1, 0.15) is 5.75 Å². The van der Waals surface area contributed by atoms with Crippen LogP contribution in [0.3, 0.4) is 0 Å². The maximum Gasteiger partial charge on any atom is 0.139 e. The molecule has 0 aliphatic heterocycles. The second-order valence-corrected chi connectivity index (χ2v) is 5.02. The van der Waals surface area contributed by atoms with Crippen molar-refractivity contribution in [2.24, 2.45) is 11.7 Å². The lowest BCUT2D eigenvalue weighted by Gasteiger charge is -2.12. The van der Waals surface area contributed by atoms with E-state index < -0.39 is 0 Å². The van der Waals surface area contributed by atoms with Crippen LogP contribution < -0.4 is 10.5 Å². The topological polar surface area (TPSA) is 35.2 Å². The Morgan fingerprint density at radius 3 is 2.67 bits per heavy atom. The molecule has 2 nitrogen and oxygen atoms in total. The molecule has 0 heterocycles. The van der Waals surface area contributed by atoms with Crippen LogP contribution in [0.5, 0.6) is 5.75 Å². The summed E-state index contributed by atoms with van der Waals surface area (Å²) in [6.45, 7) is 3.13. The molecular formula is C10H12BrCl2NO. The van der Waals surface area contributed by atoms with Crippen molar-refractivity contribution in [3.8, 4) is 5.75 Å². The smallest absolute Gasteiger partial charge is 0.139 e. The third-order valence-electron chi connectivity index (χ3n) is 1.90. The highest BCUT2D eigenvalue weighted by Gasteiger charge is 2.08. The molecule has 1 unspecified atom stereocenters. The fourth-order valence-corrected chi connectivity index (χ4v) is 1.76. The summed E-state index contributed by atoms with van der Waals surface area (Å²) in [4.78, 5) is 0. The summed E-state index contributed by atoms with van der Waals surface area (Å²) < 4.78 is 6.27. The Morgan fingerprint density at radius 2 is 2.07 bits per heavy atom. The summed E-state index contributed by atoms with van der Waals surface area (Å²) in [6, 6.07) is 3.41. The molecule has 0 aliphatic rings. The Bertz CT molecular complexity index is 346. The van der Waals surface area contributed by atoms with Gasteiger partial charge in [0.15, 0.2) is 0 Å². The zero-order valence-corrected chi connectivity index (χ0v) is 11.4. The van der Waals surface area contributed by atoms with E-state index in [2.05, 4.69) is 15.9 Å². The van der Waals surface area contributed by atoms with Gasteiger partial charge in [-0.15, -0.1) is 0 Å². The third-order valence-corrected chi connectivity index (χ3v) is 3.39. The highest BCUT2D eigenvalue weighted by atomic mass is 79.9. The van der Waals surface area contributed by atoms with Gasteiger partial charge in [-0.3, -0.25) is 0 Å². The van der Waals surface area contributed by atoms with E-state index in [1.165, 1.54) is 0 Å². The molecular weight excluding hydrogens is 301 g/mol. The predicted molar refractivity (Wildman–Crippen MR) is 67.9 cm³/mol. The van der Waals surface area contributed by atoms with Crippen molar-refractivity contribution in [1.29, 1.82) is 0 Å². The zero-order valence-electron chi connectivity index (χ0n) is 8.27. The van der Waals surface area contributed by atoms with E-state index >= 15 is 0 Å². The summed E-state index contributed by atoms with van der Waals surface area (Å²) in [5.41, 5.74) is 5.48. The average molecular weight is 313 g/mol. The molecule has 1 aromatic rings. The van der Waals surface area contributed by atoms with Gasteiger partial charge in [0.25, 0.3) is 0 Å². The summed E-state index contributed by atoms with van der Waals surface area (Å²) in [5.74, 6) is 0.883. The Hall–Kier alpha value is 0.0400. The molecule has 0 saturated heterocycles. The highest BCUT2D eigenvalue weighted by molar-refractivity contribution is 9.10. The maximum absolute atomic E-state index is 5.98. The van der Waals surface area contributed by atoms with Gasteiger partial charge in [-0.2, -0.15) is 0 Å². The summed E-state index contributed by atoms with van der Waals surface area (Å²) in [5, 5.41) is 1.12. The number of benzene rings is 1. The van der Waals surface area contributed by atoms with Gasteiger partial charge in [0.05, 0.1) is 16.7 Å². The predicted octanol–water partition coefficient (Wildman–Crippen LogP) is 3.73. The average Bonchev–Trinajstić information content (AvgIpc) is 2.21. The minimum absolute atomic E-state index is 0.295. The quantitative estimate of drug-likeness (QED) is 0.860. The molecule has 0 radical (unpaired) electrons. The van der Waals surface area contributed by atoms with Crippen LogP contribution in [0.25, 0.3) is 0 Å². The minimum atomic E-state index is 0.295. The second-order valence-electron chi connectivity index (χ2n) is 3.35. The number of halogens is 3. The van der Waals surface area contributed by atoms with Crippen molar-refractivity contribution in [2.75, 3.05) is 13.2 Å².